The van der Waals surface area contributed by atoms with E-state index in [9.17, 15) is 0 Å². The van der Waals surface area contributed by atoms with Crippen LogP contribution in [0.2, 0.25) is 25.7 Å². The Hall–Kier alpha value is -0.803. The van der Waals surface area contributed by atoms with Crippen molar-refractivity contribution in [3.05, 3.63) is 29.8 Å². The van der Waals surface area contributed by atoms with Gasteiger partial charge in [0.2, 0.25) is 0 Å². The van der Waals surface area contributed by atoms with Crippen molar-refractivity contribution in [2.45, 2.75) is 51.1 Å². The molecule has 3 atom stereocenters. The molecule has 0 heterocycles. The van der Waals surface area contributed by atoms with Crippen LogP contribution in [0.4, 0.5) is 0 Å². The van der Waals surface area contributed by atoms with Crippen molar-refractivity contribution < 1.29 is 9.47 Å². The first kappa shape index (κ1) is 16.6. The topological polar surface area (TPSA) is 18.5 Å². The molecule has 118 valence electrons. The molecule has 21 heavy (non-hydrogen) atoms. The van der Waals surface area contributed by atoms with Crippen LogP contribution >= 0.6 is 0 Å². The fourth-order valence-electron chi connectivity index (χ4n) is 3.64. The van der Waals surface area contributed by atoms with Gasteiger partial charge in [-0.15, -0.1) is 0 Å². The van der Waals surface area contributed by atoms with Crippen LogP contribution in [0, 0.1) is 11.8 Å². The van der Waals surface area contributed by atoms with Crippen LogP contribution in [-0.2, 0) is 11.2 Å². The number of methoxy groups -OCH3 is 2. The highest BCUT2D eigenvalue weighted by Gasteiger charge is 2.42. The first-order valence-corrected chi connectivity index (χ1v) is 11.8. The summed E-state index contributed by atoms with van der Waals surface area (Å²) < 4.78 is 11.0. The van der Waals surface area contributed by atoms with E-state index in [0.29, 0.717) is 6.10 Å². The minimum absolute atomic E-state index is 0.495. The molecular formula is C18H30O2Si. The summed E-state index contributed by atoms with van der Waals surface area (Å²) >= 11 is 0. The van der Waals surface area contributed by atoms with Crippen LogP contribution < -0.4 is 4.74 Å². The fraction of sp³-hybridized carbons (Fsp3) is 0.667. The van der Waals surface area contributed by atoms with Crippen molar-refractivity contribution >= 4 is 8.07 Å². The average molecular weight is 307 g/mol. The Morgan fingerprint density at radius 3 is 2.24 bits per heavy atom. The predicted molar refractivity (Wildman–Crippen MR) is 91.9 cm³/mol. The van der Waals surface area contributed by atoms with E-state index >= 15 is 0 Å². The third-order valence-corrected chi connectivity index (χ3v) is 6.39. The second-order valence-electron chi connectivity index (χ2n) is 7.61. The van der Waals surface area contributed by atoms with Crippen molar-refractivity contribution in [3.63, 3.8) is 0 Å². The molecule has 1 aromatic rings. The van der Waals surface area contributed by atoms with Gasteiger partial charge in [-0.1, -0.05) is 37.8 Å². The normalized spacial score (nSPS) is 25.5. The maximum atomic E-state index is 5.78. The van der Waals surface area contributed by atoms with Crippen LogP contribution in [0.3, 0.4) is 0 Å². The van der Waals surface area contributed by atoms with Crippen molar-refractivity contribution in [1.29, 1.82) is 0 Å². The molecule has 1 aliphatic carbocycles. The Bertz CT molecular complexity index is 436. The summed E-state index contributed by atoms with van der Waals surface area (Å²) in [6, 6.07) is 9.87. The first-order valence-electron chi connectivity index (χ1n) is 8.08. The van der Waals surface area contributed by atoms with E-state index < -0.39 is 8.07 Å². The second kappa shape index (κ2) is 6.97. The number of hydrogen-bond acceptors (Lipinski definition) is 2. The molecule has 1 saturated carbocycles. The van der Waals surface area contributed by atoms with Crippen LogP contribution in [-0.4, -0.2) is 28.4 Å². The van der Waals surface area contributed by atoms with Gasteiger partial charge in [-0.25, -0.2) is 0 Å². The lowest BCUT2D eigenvalue weighted by molar-refractivity contribution is -0.0674. The van der Waals surface area contributed by atoms with E-state index in [1.54, 1.807) is 7.11 Å². The van der Waals surface area contributed by atoms with E-state index in [0.717, 1.165) is 24.0 Å². The van der Waals surface area contributed by atoms with E-state index in [-0.39, 0.29) is 0 Å². The van der Waals surface area contributed by atoms with Crippen molar-refractivity contribution in [1.82, 2.24) is 0 Å². The molecule has 2 nitrogen and oxygen atoms in total. The minimum Gasteiger partial charge on any atom is -0.497 e. The molecule has 0 spiro atoms. The summed E-state index contributed by atoms with van der Waals surface area (Å²) in [6.07, 6.45) is 4.25. The molecule has 1 fully saturated rings. The Morgan fingerprint density at radius 1 is 1.05 bits per heavy atom. The Labute approximate surface area is 130 Å². The van der Waals surface area contributed by atoms with Crippen molar-refractivity contribution in [3.8, 4) is 5.75 Å². The molecule has 0 unspecified atom stereocenters. The summed E-state index contributed by atoms with van der Waals surface area (Å²) in [5.41, 5.74) is 1.40. The Kier molecular flexibility index (Phi) is 5.50. The SMILES string of the molecule is COc1ccc(CC[C@H]2C[C@@H](C[Si](C)(C)C)[C@@H]2OC)cc1. The molecule has 0 N–H and O–H groups in total. The monoisotopic (exact) mass is 306 g/mol. The molecule has 1 aliphatic rings. The lowest BCUT2D eigenvalue weighted by Gasteiger charge is -2.46. The smallest absolute Gasteiger partial charge is 0.118 e. The molecule has 2 rings (SSSR count). The first-order chi connectivity index (χ1) is 9.93. The Morgan fingerprint density at radius 2 is 1.71 bits per heavy atom. The molecule has 3 heteroatoms. The third kappa shape index (κ3) is 4.58. The van der Waals surface area contributed by atoms with Gasteiger partial charge in [0.25, 0.3) is 0 Å². The molecule has 0 saturated heterocycles. The highest BCUT2D eigenvalue weighted by Crippen LogP contribution is 2.43. The van der Waals surface area contributed by atoms with E-state index in [2.05, 4.69) is 43.9 Å². The van der Waals surface area contributed by atoms with Gasteiger partial charge in [0.05, 0.1) is 13.2 Å². The number of hydrogen-bond donors (Lipinski definition) is 0. The number of aryl methyl sites for hydroxylation is 1. The second-order valence-corrected chi connectivity index (χ2v) is 13.1. The summed E-state index contributed by atoms with van der Waals surface area (Å²) in [6.45, 7) is 7.39. The van der Waals surface area contributed by atoms with Gasteiger partial charge in [0.1, 0.15) is 5.75 Å². The minimum atomic E-state index is -0.969. The van der Waals surface area contributed by atoms with Crippen LogP contribution in [0.25, 0.3) is 0 Å². The molecule has 0 radical (unpaired) electrons. The molecule has 0 aliphatic heterocycles. The van der Waals surface area contributed by atoms with Crippen LogP contribution in [0.15, 0.2) is 24.3 Å². The highest BCUT2D eigenvalue weighted by atomic mass is 28.3. The summed E-state index contributed by atoms with van der Waals surface area (Å²) in [4.78, 5) is 0. The Balaban J connectivity index is 1.81. The zero-order valence-electron chi connectivity index (χ0n) is 14.2. The molecule has 0 bridgehead atoms. The van der Waals surface area contributed by atoms with Gasteiger partial charge in [0, 0.05) is 15.2 Å². The number of rotatable bonds is 7. The van der Waals surface area contributed by atoms with E-state index in [1.165, 1.54) is 24.4 Å². The summed E-state index contributed by atoms with van der Waals surface area (Å²) in [5, 5.41) is 0. The van der Waals surface area contributed by atoms with Gasteiger partial charge in [-0.2, -0.15) is 0 Å². The lowest BCUT2D eigenvalue weighted by Crippen LogP contribution is -2.46. The van der Waals surface area contributed by atoms with Crippen molar-refractivity contribution in [2.75, 3.05) is 14.2 Å². The van der Waals surface area contributed by atoms with Gasteiger partial charge in [-0.3, -0.25) is 0 Å². The summed E-state index contributed by atoms with van der Waals surface area (Å²) in [7, 11) is 2.63. The maximum Gasteiger partial charge on any atom is 0.118 e. The number of benzene rings is 1. The van der Waals surface area contributed by atoms with E-state index in [4.69, 9.17) is 9.47 Å². The predicted octanol–water partition coefficient (Wildman–Crippen LogP) is 4.62. The zero-order chi connectivity index (χ0) is 15.5. The number of ether oxygens (including phenoxy) is 2. The summed E-state index contributed by atoms with van der Waals surface area (Å²) in [5.74, 6) is 2.49. The van der Waals surface area contributed by atoms with Crippen LogP contribution in [0.5, 0.6) is 5.75 Å². The van der Waals surface area contributed by atoms with Gasteiger partial charge in [0.15, 0.2) is 0 Å². The average Bonchev–Trinajstić information content (AvgIpc) is 2.42. The standard InChI is InChI=1S/C18H30O2Si/c1-19-17-10-7-14(8-11-17)6-9-15-12-16(18(15)20-2)13-21(3,4)5/h7-8,10-11,15-16,18H,6,9,12-13H2,1-5H3/t15-,16-,18+/m0/s1. The molecule has 1 aromatic carbocycles. The van der Waals surface area contributed by atoms with Crippen molar-refractivity contribution in [2.24, 2.45) is 11.8 Å². The molecule has 0 aromatic heterocycles. The maximum absolute atomic E-state index is 5.78. The fourth-order valence-corrected chi connectivity index (χ4v) is 5.62. The third-order valence-electron chi connectivity index (χ3n) is 4.64. The molecular weight excluding hydrogens is 276 g/mol. The van der Waals surface area contributed by atoms with E-state index in [1.807, 2.05) is 7.11 Å². The van der Waals surface area contributed by atoms with Gasteiger partial charge >= 0.3 is 0 Å². The molecule has 0 amide bonds. The van der Waals surface area contributed by atoms with Crippen LogP contribution in [0.1, 0.15) is 18.4 Å². The highest BCUT2D eigenvalue weighted by molar-refractivity contribution is 6.76. The van der Waals surface area contributed by atoms with Gasteiger partial charge in [-0.05, 0) is 48.8 Å². The van der Waals surface area contributed by atoms with Gasteiger partial charge < -0.3 is 9.47 Å². The lowest BCUT2D eigenvalue weighted by atomic mass is 9.70. The quantitative estimate of drug-likeness (QED) is 0.685. The zero-order valence-corrected chi connectivity index (χ0v) is 15.2. The largest absolute Gasteiger partial charge is 0.497 e.